The number of nitrogens with zero attached hydrogens (tertiary/aromatic N) is 3. The molecule has 0 bridgehead atoms. The van der Waals surface area contributed by atoms with E-state index in [0.29, 0.717) is 5.02 Å². The zero-order valence-corrected chi connectivity index (χ0v) is 16.1. The number of nitro benzene ring substituents is 2. The molecule has 3 rings (SSSR count). The molecule has 3 aromatic rings. The van der Waals surface area contributed by atoms with E-state index in [1.165, 1.54) is 36.4 Å². The third-order valence-corrected chi connectivity index (χ3v) is 4.52. The first-order chi connectivity index (χ1) is 13.8. The van der Waals surface area contributed by atoms with Gasteiger partial charge in [0, 0.05) is 29.3 Å². The largest absolute Gasteiger partial charge is 0.269 e. The van der Waals surface area contributed by atoms with E-state index in [1.807, 2.05) is 37.3 Å². The van der Waals surface area contributed by atoms with Gasteiger partial charge in [-0.1, -0.05) is 54.1 Å². The van der Waals surface area contributed by atoms with Crippen LogP contribution in [0.2, 0.25) is 5.02 Å². The quantitative estimate of drug-likeness (QED) is 0.407. The van der Waals surface area contributed by atoms with Crippen molar-refractivity contribution in [3.05, 3.63) is 115 Å². The van der Waals surface area contributed by atoms with Crippen LogP contribution in [-0.2, 0) is 5.41 Å². The molecule has 0 aliphatic carbocycles. The Kier molecular flexibility index (Phi) is 7.01. The van der Waals surface area contributed by atoms with Crippen LogP contribution in [0.4, 0.5) is 11.4 Å². The van der Waals surface area contributed by atoms with Crippen molar-refractivity contribution in [2.24, 2.45) is 0 Å². The van der Waals surface area contributed by atoms with Gasteiger partial charge >= 0.3 is 0 Å². The number of rotatable bonds is 4. The molecular weight excluding hydrogens is 394 g/mol. The van der Waals surface area contributed by atoms with Gasteiger partial charge in [-0.2, -0.15) is 5.26 Å². The van der Waals surface area contributed by atoms with Crippen molar-refractivity contribution in [1.82, 2.24) is 0 Å². The summed E-state index contributed by atoms with van der Waals surface area (Å²) in [5.41, 5.74) is 0.885. The van der Waals surface area contributed by atoms with Crippen molar-refractivity contribution in [3.63, 3.8) is 0 Å². The summed E-state index contributed by atoms with van der Waals surface area (Å²) < 4.78 is 0. The molecule has 1 atom stereocenters. The van der Waals surface area contributed by atoms with E-state index in [9.17, 15) is 25.5 Å². The summed E-state index contributed by atoms with van der Waals surface area (Å²) in [7, 11) is 0. The molecule has 0 N–H and O–H groups in total. The average Bonchev–Trinajstić information content (AvgIpc) is 2.74. The Morgan fingerprint density at radius 3 is 1.62 bits per heavy atom. The molecule has 0 saturated heterocycles. The van der Waals surface area contributed by atoms with Crippen LogP contribution in [-0.4, -0.2) is 9.85 Å². The molecule has 29 heavy (non-hydrogen) atoms. The Bertz CT molecular complexity index is 1030. The molecule has 0 aliphatic rings. The van der Waals surface area contributed by atoms with Gasteiger partial charge in [0.25, 0.3) is 11.4 Å². The molecule has 0 aliphatic heterocycles. The summed E-state index contributed by atoms with van der Waals surface area (Å²) in [6.45, 7) is 1.81. The minimum atomic E-state index is -0.809. The average molecular weight is 410 g/mol. The Hall–Kier alpha value is -3.76. The van der Waals surface area contributed by atoms with Gasteiger partial charge in [-0.3, -0.25) is 20.2 Å². The monoisotopic (exact) mass is 409 g/mol. The number of benzene rings is 3. The highest BCUT2D eigenvalue weighted by Crippen LogP contribution is 2.32. The molecular formula is C21H16ClN3O4. The molecule has 0 aromatic heterocycles. The molecule has 7 nitrogen and oxygen atoms in total. The second kappa shape index (κ2) is 9.44. The van der Waals surface area contributed by atoms with Crippen molar-refractivity contribution in [2.45, 2.75) is 12.3 Å². The zero-order valence-electron chi connectivity index (χ0n) is 15.4. The first-order valence-electron chi connectivity index (χ1n) is 8.39. The summed E-state index contributed by atoms with van der Waals surface area (Å²) in [5.74, 6) is 0. The van der Waals surface area contributed by atoms with Gasteiger partial charge in [0.1, 0.15) is 5.41 Å². The highest BCUT2D eigenvalue weighted by molar-refractivity contribution is 6.30. The van der Waals surface area contributed by atoms with E-state index in [0.717, 1.165) is 11.1 Å². The molecule has 0 saturated carbocycles. The van der Waals surface area contributed by atoms with E-state index in [2.05, 4.69) is 6.07 Å². The third-order valence-electron chi connectivity index (χ3n) is 4.27. The molecule has 3 aromatic carbocycles. The summed E-state index contributed by atoms with van der Waals surface area (Å²) in [5, 5.41) is 30.7. The number of non-ortho nitro benzene ring substituents is 2. The van der Waals surface area contributed by atoms with Crippen LogP contribution >= 0.6 is 11.6 Å². The fraction of sp³-hybridized carbons (Fsp3) is 0.0952. The first-order valence-corrected chi connectivity index (χ1v) is 8.77. The lowest BCUT2D eigenvalue weighted by molar-refractivity contribution is -0.385. The molecule has 8 heteroatoms. The van der Waals surface area contributed by atoms with Gasteiger partial charge in [-0.05, 0) is 30.2 Å². The Morgan fingerprint density at radius 2 is 1.21 bits per heavy atom. The van der Waals surface area contributed by atoms with Crippen molar-refractivity contribution >= 4 is 23.0 Å². The molecule has 0 spiro atoms. The van der Waals surface area contributed by atoms with Crippen LogP contribution in [0.25, 0.3) is 0 Å². The van der Waals surface area contributed by atoms with Crippen LogP contribution < -0.4 is 0 Å². The number of nitro groups is 2. The van der Waals surface area contributed by atoms with E-state index >= 15 is 0 Å². The molecule has 0 heterocycles. The third kappa shape index (κ3) is 5.37. The Balaban J connectivity index is 0.000000253. The van der Waals surface area contributed by atoms with Crippen LogP contribution in [0, 0.1) is 31.6 Å². The SMILES string of the molecule is CC(C#N)(c1ccccc1)c1ccc([N+](=O)[O-])cc1.O=[N+]([O-])c1ccc(Cl)cc1. The fourth-order valence-corrected chi connectivity index (χ4v) is 2.67. The van der Waals surface area contributed by atoms with Gasteiger partial charge in [0.15, 0.2) is 0 Å². The van der Waals surface area contributed by atoms with Crippen LogP contribution in [0.1, 0.15) is 18.1 Å². The van der Waals surface area contributed by atoms with Gasteiger partial charge in [-0.25, -0.2) is 0 Å². The van der Waals surface area contributed by atoms with Crippen molar-refractivity contribution in [3.8, 4) is 6.07 Å². The first kappa shape index (κ1) is 21.5. The number of hydrogen-bond donors (Lipinski definition) is 0. The van der Waals surface area contributed by atoms with Gasteiger partial charge in [0.2, 0.25) is 0 Å². The second-order valence-electron chi connectivity index (χ2n) is 6.14. The molecule has 1 unspecified atom stereocenters. The van der Waals surface area contributed by atoms with Crippen molar-refractivity contribution in [2.75, 3.05) is 0 Å². The summed E-state index contributed by atoms with van der Waals surface area (Å²) in [6.07, 6.45) is 0. The van der Waals surface area contributed by atoms with Gasteiger partial charge < -0.3 is 0 Å². The molecule has 0 radical (unpaired) electrons. The molecule has 146 valence electrons. The fourth-order valence-electron chi connectivity index (χ4n) is 2.55. The van der Waals surface area contributed by atoms with E-state index in [1.54, 1.807) is 12.1 Å². The maximum atomic E-state index is 10.6. The minimum absolute atomic E-state index is 0.0251. The topological polar surface area (TPSA) is 110 Å². The lowest BCUT2D eigenvalue weighted by atomic mass is 9.77. The number of nitriles is 1. The highest BCUT2D eigenvalue weighted by atomic mass is 35.5. The normalized spacial score (nSPS) is 11.9. The number of halogens is 1. The van der Waals surface area contributed by atoms with Crippen molar-refractivity contribution < 1.29 is 9.85 Å². The summed E-state index contributed by atoms with van der Waals surface area (Å²) >= 11 is 5.49. The van der Waals surface area contributed by atoms with Crippen LogP contribution in [0.3, 0.4) is 0 Å². The predicted octanol–water partition coefficient (Wildman–Crippen LogP) is 5.67. The highest BCUT2D eigenvalue weighted by Gasteiger charge is 2.29. The molecule has 0 fully saturated rings. The van der Waals surface area contributed by atoms with Crippen LogP contribution in [0.5, 0.6) is 0 Å². The number of hydrogen-bond acceptors (Lipinski definition) is 5. The Morgan fingerprint density at radius 1 is 0.793 bits per heavy atom. The maximum absolute atomic E-state index is 10.6. The van der Waals surface area contributed by atoms with E-state index in [4.69, 9.17) is 11.6 Å². The Labute approximate surface area is 172 Å². The van der Waals surface area contributed by atoms with E-state index < -0.39 is 15.3 Å². The molecule has 0 amide bonds. The van der Waals surface area contributed by atoms with Gasteiger partial charge in [0.05, 0.1) is 15.9 Å². The zero-order chi connectivity index (χ0) is 21.4. The standard InChI is InChI=1S/C15H12N2O2.C6H4ClNO2/c1-15(11-16,12-5-3-2-4-6-12)13-7-9-14(10-8-13)17(18)19;7-5-1-3-6(4-2-5)8(9)10/h2-10H,1H3;1-4H. The summed E-state index contributed by atoms with van der Waals surface area (Å²) in [6, 6.07) is 23.5. The van der Waals surface area contributed by atoms with Crippen LogP contribution in [0.15, 0.2) is 78.9 Å². The minimum Gasteiger partial charge on any atom is -0.258 e. The lowest BCUT2D eigenvalue weighted by Crippen LogP contribution is -2.21. The smallest absolute Gasteiger partial charge is 0.258 e. The van der Waals surface area contributed by atoms with Crippen molar-refractivity contribution in [1.29, 1.82) is 5.26 Å². The maximum Gasteiger partial charge on any atom is 0.269 e. The predicted molar refractivity (Wildman–Crippen MR) is 110 cm³/mol. The summed E-state index contributed by atoms with van der Waals surface area (Å²) in [4.78, 5) is 19.8. The van der Waals surface area contributed by atoms with E-state index in [-0.39, 0.29) is 11.4 Å². The van der Waals surface area contributed by atoms with Gasteiger partial charge in [-0.15, -0.1) is 0 Å². The second-order valence-corrected chi connectivity index (χ2v) is 6.58. The lowest BCUT2D eigenvalue weighted by Gasteiger charge is -2.22.